The minimum Gasteiger partial charge on any atom is -0.354 e. The summed E-state index contributed by atoms with van der Waals surface area (Å²) < 4.78 is 0. The van der Waals surface area contributed by atoms with Crippen LogP contribution in [0.25, 0.3) is 0 Å². The zero-order valence-corrected chi connectivity index (χ0v) is 10.3. The monoisotopic (exact) mass is 268 g/mol. The molecule has 0 atom stereocenters. The highest BCUT2D eigenvalue weighted by Gasteiger charge is 2.29. The van der Waals surface area contributed by atoms with Crippen molar-refractivity contribution in [1.82, 2.24) is 20.4 Å². The Hall–Kier alpha value is -1.83. The molecule has 1 saturated heterocycles. The summed E-state index contributed by atoms with van der Waals surface area (Å²) in [7, 11) is 0. The first kappa shape index (κ1) is 12.6. The Balaban J connectivity index is 1.70. The standard InChI is InChI=1S/C10H12N4O3S/c15-8(5-7-1-2-12-13-7)11-3-4-14-9(16)6-18-10(14)17/h1-2H,3-6H2,(H,11,15)(H,12,13). The maximum absolute atomic E-state index is 11.5. The highest BCUT2D eigenvalue weighted by Crippen LogP contribution is 2.17. The van der Waals surface area contributed by atoms with E-state index in [0.717, 1.165) is 22.4 Å². The number of imide groups is 1. The molecule has 0 aromatic carbocycles. The summed E-state index contributed by atoms with van der Waals surface area (Å²) in [6.07, 6.45) is 1.78. The van der Waals surface area contributed by atoms with Crippen molar-refractivity contribution < 1.29 is 14.4 Å². The third-order valence-electron chi connectivity index (χ3n) is 2.41. The molecule has 1 aliphatic heterocycles. The van der Waals surface area contributed by atoms with E-state index >= 15 is 0 Å². The van der Waals surface area contributed by atoms with Crippen molar-refractivity contribution in [3.05, 3.63) is 18.0 Å². The Morgan fingerprint density at radius 1 is 1.56 bits per heavy atom. The van der Waals surface area contributed by atoms with E-state index in [1.54, 1.807) is 12.3 Å². The van der Waals surface area contributed by atoms with Gasteiger partial charge in [0.15, 0.2) is 0 Å². The van der Waals surface area contributed by atoms with E-state index in [2.05, 4.69) is 15.5 Å². The van der Waals surface area contributed by atoms with Gasteiger partial charge in [-0.25, -0.2) is 0 Å². The van der Waals surface area contributed by atoms with Gasteiger partial charge in [-0.15, -0.1) is 0 Å². The lowest BCUT2D eigenvalue weighted by Crippen LogP contribution is -2.37. The second-order valence-electron chi connectivity index (χ2n) is 3.71. The molecule has 96 valence electrons. The van der Waals surface area contributed by atoms with Crippen LogP contribution in [0.1, 0.15) is 5.69 Å². The summed E-state index contributed by atoms with van der Waals surface area (Å²) >= 11 is 0.988. The number of aromatic nitrogens is 2. The van der Waals surface area contributed by atoms with Crippen molar-refractivity contribution in [3.8, 4) is 0 Å². The normalized spacial score (nSPS) is 15.2. The molecule has 1 aliphatic rings. The van der Waals surface area contributed by atoms with Crippen molar-refractivity contribution >= 4 is 28.8 Å². The molecular weight excluding hydrogens is 256 g/mol. The molecule has 2 N–H and O–H groups in total. The Morgan fingerprint density at radius 3 is 3.00 bits per heavy atom. The number of thioether (sulfide) groups is 1. The molecular formula is C10H12N4O3S. The van der Waals surface area contributed by atoms with Crippen LogP contribution in [-0.4, -0.2) is 51.0 Å². The summed E-state index contributed by atoms with van der Waals surface area (Å²) in [5.41, 5.74) is 0.719. The number of hydrogen-bond donors (Lipinski definition) is 2. The molecule has 1 aromatic rings. The van der Waals surface area contributed by atoms with Gasteiger partial charge in [0.2, 0.25) is 11.8 Å². The van der Waals surface area contributed by atoms with Crippen molar-refractivity contribution in [1.29, 1.82) is 0 Å². The molecule has 8 heteroatoms. The minimum absolute atomic E-state index is 0.175. The third kappa shape index (κ3) is 3.10. The fourth-order valence-electron chi connectivity index (χ4n) is 1.52. The first-order valence-corrected chi connectivity index (χ1v) is 6.37. The lowest BCUT2D eigenvalue weighted by molar-refractivity contribution is -0.125. The predicted octanol–water partition coefficient (Wildman–Crippen LogP) is -0.236. The van der Waals surface area contributed by atoms with Gasteiger partial charge in [0, 0.05) is 25.0 Å². The van der Waals surface area contributed by atoms with Gasteiger partial charge in [-0.3, -0.25) is 24.4 Å². The molecule has 0 radical (unpaired) electrons. The van der Waals surface area contributed by atoms with E-state index in [-0.39, 0.29) is 42.3 Å². The number of hydrogen-bond acceptors (Lipinski definition) is 5. The number of nitrogens with one attached hydrogen (secondary N) is 2. The van der Waals surface area contributed by atoms with Crippen molar-refractivity contribution in [2.75, 3.05) is 18.8 Å². The molecule has 3 amide bonds. The van der Waals surface area contributed by atoms with Crippen LogP contribution in [0.3, 0.4) is 0 Å². The summed E-state index contributed by atoms with van der Waals surface area (Å²) in [6.45, 7) is 0.490. The number of carbonyl (C=O) groups is 3. The van der Waals surface area contributed by atoms with Crippen LogP contribution in [-0.2, 0) is 16.0 Å². The molecule has 0 saturated carbocycles. The first-order chi connectivity index (χ1) is 8.66. The van der Waals surface area contributed by atoms with E-state index in [9.17, 15) is 14.4 Å². The van der Waals surface area contributed by atoms with Crippen LogP contribution in [0.4, 0.5) is 4.79 Å². The zero-order chi connectivity index (χ0) is 13.0. The topological polar surface area (TPSA) is 95.2 Å². The van der Waals surface area contributed by atoms with E-state index in [1.165, 1.54) is 0 Å². The fourth-order valence-corrected chi connectivity index (χ4v) is 2.27. The third-order valence-corrected chi connectivity index (χ3v) is 3.27. The van der Waals surface area contributed by atoms with Gasteiger partial charge in [0.25, 0.3) is 5.24 Å². The van der Waals surface area contributed by atoms with E-state index in [4.69, 9.17) is 0 Å². The van der Waals surface area contributed by atoms with Gasteiger partial charge in [-0.2, -0.15) is 5.10 Å². The van der Waals surface area contributed by atoms with Crippen LogP contribution in [0.5, 0.6) is 0 Å². The van der Waals surface area contributed by atoms with Crippen molar-refractivity contribution in [2.24, 2.45) is 0 Å². The SMILES string of the molecule is O=C(Cc1ccn[nH]1)NCCN1C(=O)CSC1=O. The maximum Gasteiger partial charge on any atom is 0.288 e. The van der Waals surface area contributed by atoms with Gasteiger partial charge in [0.05, 0.1) is 12.2 Å². The highest BCUT2D eigenvalue weighted by atomic mass is 32.2. The molecule has 18 heavy (non-hydrogen) atoms. The van der Waals surface area contributed by atoms with Crippen molar-refractivity contribution in [2.45, 2.75) is 6.42 Å². The number of nitrogens with zero attached hydrogens (tertiary/aromatic N) is 2. The van der Waals surface area contributed by atoms with Crippen LogP contribution in [0.15, 0.2) is 12.3 Å². The molecule has 0 bridgehead atoms. The van der Waals surface area contributed by atoms with Crippen molar-refractivity contribution in [3.63, 3.8) is 0 Å². The van der Waals surface area contributed by atoms with Gasteiger partial charge in [-0.1, -0.05) is 11.8 Å². The van der Waals surface area contributed by atoms with Gasteiger partial charge in [-0.05, 0) is 6.07 Å². The lowest BCUT2D eigenvalue weighted by atomic mass is 10.3. The maximum atomic E-state index is 11.5. The summed E-state index contributed by atoms with van der Waals surface area (Å²) in [5.74, 6) is -0.181. The van der Waals surface area contributed by atoms with Gasteiger partial charge < -0.3 is 5.32 Å². The van der Waals surface area contributed by atoms with E-state index in [0.29, 0.717) is 0 Å². The van der Waals surface area contributed by atoms with E-state index in [1.807, 2.05) is 0 Å². The molecule has 0 unspecified atom stereocenters. The highest BCUT2D eigenvalue weighted by molar-refractivity contribution is 8.14. The predicted molar refractivity (Wildman–Crippen MR) is 64.9 cm³/mol. The number of amides is 3. The molecule has 7 nitrogen and oxygen atoms in total. The molecule has 2 heterocycles. The number of carbonyl (C=O) groups excluding carboxylic acids is 3. The zero-order valence-electron chi connectivity index (χ0n) is 9.51. The number of aromatic amines is 1. The molecule has 0 spiro atoms. The fraction of sp³-hybridized carbons (Fsp3) is 0.400. The minimum atomic E-state index is -0.247. The average Bonchev–Trinajstić information content (AvgIpc) is 2.93. The molecule has 2 rings (SSSR count). The summed E-state index contributed by atoms with van der Waals surface area (Å²) in [5, 5.41) is 8.81. The Bertz CT molecular complexity index is 444. The van der Waals surface area contributed by atoms with Crippen LogP contribution >= 0.6 is 11.8 Å². The first-order valence-electron chi connectivity index (χ1n) is 5.39. The smallest absolute Gasteiger partial charge is 0.288 e. The second kappa shape index (κ2) is 5.67. The Morgan fingerprint density at radius 2 is 2.39 bits per heavy atom. The number of H-pyrrole nitrogens is 1. The van der Waals surface area contributed by atoms with Crippen LogP contribution < -0.4 is 5.32 Å². The Labute approximate surface area is 107 Å². The molecule has 0 aliphatic carbocycles. The number of rotatable bonds is 5. The van der Waals surface area contributed by atoms with Crippen LogP contribution in [0.2, 0.25) is 0 Å². The molecule has 1 fully saturated rings. The lowest BCUT2D eigenvalue weighted by Gasteiger charge is -2.12. The quantitative estimate of drug-likeness (QED) is 0.768. The van der Waals surface area contributed by atoms with Crippen LogP contribution in [0, 0.1) is 0 Å². The summed E-state index contributed by atoms with van der Waals surface area (Å²) in [4.78, 5) is 35.2. The average molecular weight is 268 g/mol. The summed E-state index contributed by atoms with van der Waals surface area (Å²) in [6, 6.07) is 1.71. The molecule has 1 aromatic heterocycles. The van der Waals surface area contributed by atoms with Gasteiger partial charge >= 0.3 is 0 Å². The van der Waals surface area contributed by atoms with E-state index < -0.39 is 0 Å². The Kier molecular flexibility index (Phi) is 3.98. The second-order valence-corrected chi connectivity index (χ2v) is 4.64. The van der Waals surface area contributed by atoms with Gasteiger partial charge in [0.1, 0.15) is 0 Å². The largest absolute Gasteiger partial charge is 0.354 e.